The molecule has 0 atom stereocenters. The lowest BCUT2D eigenvalue weighted by Gasteiger charge is -2.23. The molecule has 0 aromatic carbocycles. The highest BCUT2D eigenvalue weighted by atomic mass is 79.9. The van der Waals surface area contributed by atoms with E-state index >= 15 is 0 Å². The summed E-state index contributed by atoms with van der Waals surface area (Å²) in [4.78, 5) is 16.2. The van der Waals surface area contributed by atoms with Crippen molar-refractivity contribution < 1.29 is 9.53 Å². The SMILES string of the molecule is NNc1ncc(Br)cc1C(=O)NC1CCOCC1. The maximum absolute atomic E-state index is 12.1. The number of rotatable bonds is 3. The normalized spacial score (nSPS) is 16.3. The number of nitrogens with one attached hydrogen (secondary N) is 2. The first-order chi connectivity index (χ1) is 8.70. The van der Waals surface area contributed by atoms with Crippen LogP contribution >= 0.6 is 15.9 Å². The van der Waals surface area contributed by atoms with E-state index < -0.39 is 0 Å². The van der Waals surface area contributed by atoms with E-state index in [1.165, 1.54) is 0 Å². The van der Waals surface area contributed by atoms with Crippen molar-refractivity contribution in [3.8, 4) is 0 Å². The lowest BCUT2D eigenvalue weighted by molar-refractivity contribution is 0.0696. The van der Waals surface area contributed by atoms with Crippen LogP contribution in [0.1, 0.15) is 23.2 Å². The fourth-order valence-corrected chi connectivity index (χ4v) is 2.16. The van der Waals surface area contributed by atoms with Gasteiger partial charge >= 0.3 is 0 Å². The van der Waals surface area contributed by atoms with Crippen LogP contribution in [-0.2, 0) is 4.74 Å². The van der Waals surface area contributed by atoms with Gasteiger partial charge in [0, 0.05) is 29.9 Å². The van der Waals surface area contributed by atoms with Crippen LogP contribution in [0.3, 0.4) is 0 Å². The van der Waals surface area contributed by atoms with Crippen LogP contribution in [0.5, 0.6) is 0 Å². The number of aromatic nitrogens is 1. The van der Waals surface area contributed by atoms with Gasteiger partial charge in [0.1, 0.15) is 0 Å². The molecule has 1 fully saturated rings. The minimum Gasteiger partial charge on any atom is -0.381 e. The number of halogens is 1. The van der Waals surface area contributed by atoms with Gasteiger partial charge in [-0.15, -0.1) is 0 Å². The van der Waals surface area contributed by atoms with Crippen molar-refractivity contribution in [3.05, 3.63) is 22.3 Å². The molecule has 4 N–H and O–H groups in total. The Kier molecular flexibility index (Phi) is 4.51. The molecule has 2 heterocycles. The van der Waals surface area contributed by atoms with E-state index in [1.807, 2.05) is 0 Å². The number of pyridine rings is 1. The third-order valence-electron chi connectivity index (χ3n) is 2.79. The zero-order valence-corrected chi connectivity index (χ0v) is 11.4. The highest BCUT2D eigenvalue weighted by Gasteiger charge is 2.19. The predicted molar refractivity (Wildman–Crippen MR) is 71.1 cm³/mol. The zero-order valence-electron chi connectivity index (χ0n) is 9.78. The maximum atomic E-state index is 12.1. The van der Waals surface area contributed by atoms with Gasteiger partial charge in [-0.1, -0.05) is 0 Å². The number of amides is 1. The zero-order chi connectivity index (χ0) is 13.0. The average molecular weight is 315 g/mol. The maximum Gasteiger partial charge on any atom is 0.255 e. The highest BCUT2D eigenvalue weighted by Crippen LogP contribution is 2.18. The number of hydrogen-bond donors (Lipinski definition) is 3. The Morgan fingerprint density at radius 3 is 2.89 bits per heavy atom. The molecular weight excluding hydrogens is 300 g/mol. The fraction of sp³-hybridized carbons (Fsp3) is 0.455. The molecule has 1 amide bonds. The van der Waals surface area contributed by atoms with Crippen molar-refractivity contribution in [1.82, 2.24) is 10.3 Å². The van der Waals surface area contributed by atoms with Gasteiger partial charge in [-0.2, -0.15) is 0 Å². The molecule has 0 aliphatic carbocycles. The molecule has 98 valence electrons. The first-order valence-electron chi connectivity index (χ1n) is 5.71. The number of carbonyl (C=O) groups excluding carboxylic acids is 1. The second-order valence-electron chi connectivity index (χ2n) is 4.05. The Labute approximate surface area is 113 Å². The first kappa shape index (κ1) is 13.3. The molecule has 6 nitrogen and oxygen atoms in total. The molecule has 0 radical (unpaired) electrons. The van der Waals surface area contributed by atoms with Gasteiger partial charge in [0.25, 0.3) is 5.91 Å². The fourth-order valence-electron chi connectivity index (χ4n) is 1.83. The topological polar surface area (TPSA) is 89.3 Å². The van der Waals surface area contributed by atoms with E-state index in [4.69, 9.17) is 10.6 Å². The summed E-state index contributed by atoms with van der Waals surface area (Å²) in [6.07, 6.45) is 3.25. The number of carbonyl (C=O) groups is 1. The number of nitrogen functional groups attached to an aromatic ring is 1. The predicted octanol–water partition coefficient (Wildman–Crippen LogP) is 1.04. The second-order valence-corrected chi connectivity index (χ2v) is 4.97. The third-order valence-corrected chi connectivity index (χ3v) is 3.23. The molecule has 1 aromatic rings. The molecule has 1 aliphatic heterocycles. The monoisotopic (exact) mass is 314 g/mol. The number of anilines is 1. The first-order valence-corrected chi connectivity index (χ1v) is 6.51. The van der Waals surface area contributed by atoms with E-state index in [2.05, 4.69) is 31.7 Å². The Balaban J connectivity index is 2.09. The van der Waals surface area contributed by atoms with E-state index in [0.29, 0.717) is 24.6 Å². The summed E-state index contributed by atoms with van der Waals surface area (Å²) in [5.41, 5.74) is 2.85. The molecule has 18 heavy (non-hydrogen) atoms. The number of hydrazine groups is 1. The molecule has 7 heteroatoms. The van der Waals surface area contributed by atoms with Crippen LogP contribution in [0.25, 0.3) is 0 Å². The van der Waals surface area contributed by atoms with Crippen LogP contribution in [0, 0.1) is 0 Å². The molecule has 0 saturated carbocycles. The van der Waals surface area contributed by atoms with Gasteiger partial charge in [-0.3, -0.25) is 4.79 Å². The summed E-state index contributed by atoms with van der Waals surface area (Å²) in [6.45, 7) is 1.37. The quantitative estimate of drug-likeness (QED) is 0.573. The number of nitrogens with two attached hydrogens (primary N) is 1. The smallest absolute Gasteiger partial charge is 0.255 e. The number of nitrogens with zero attached hydrogens (tertiary/aromatic N) is 1. The van der Waals surface area contributed by atoms with Crippen LogP contribution < -0.4 is 16.6 Å². The molecule has 1 aromatic heterocycles. The average Bonchev–Trinajstić information content (AvgIpc) is 2.40. The molecule has 0 unspecified atom stereocenters. The number of hydrogen-bond acceptors (Lipinski definition) is 5. The van der Waals surface area contributed by atoms with Crippen LogP contribution in [0.15, 0.2) is 16.7 Å². The summed E-state index contributed by atoms with van der Waals surface area (Å²) in [5, 5.41) is 2.96. The number of ether oxygens (including phenoxy) is 1. The highest BCUT2D eigenvalue weighted by molar-refractivity contribution is 9.10. The molecule has 2 rings (SSSR count). The van der Waals surface area contributed by atoms with Gasteiger partial charge in [-0.25, -0.2) is 10.8 Å². The summed E-state index contributed by atoms with van der Waals surface area (Å²) < 4.78 is 5.98. The van der Waals surface area contributed by atoms with E-state index in [9.17, 15) is 4.79 Å². The molecule has 0 spiro atoms. The van der Waals surface area contributed by atoms with Crippen molar-refractivity contribution in [2.24, 2.45) is 5.84 Å². The van der Waals surface area contributed by atoms with Crippen molar-refractivity contribution >= 4 is 27.7 Å². The van der Waals surface area contributed by atoms with Crippen molar-refractivity contribution in [2.75, 3.05) is 18.6 Å². The largest absolute Gasteiger partial charge is 0.381 e. The Bertz CT molecular complexity index is 435. The van der Waals surface area contributed by atoms with Gasteiger partial charge in [0.15, 0.2) is 5.82 Å². The van der Waals surface area contributed by atoms with Crippen molar-refractivity contribution in [3.63, 3.8) is 0 Å². The second kappa shape index (κ2) is 6.12. The van der Waals surface area contributed by atoms with E-state index in [1.54, 1.807) is 12.3 Å². The Morgan fingerprint density at radius 2 is 2.22 bits per heavy atom. The van der Waals surface area contributed by atoms with Gasteiger partial charge in [0.05, 0.1) is 5.56 Å². The van der Waals surface area contributed by atoms with Gasteiger partial charge in [-0.05, 0) is 34.8 Å². The van der Waals surface area contributed by atoms with E-state index in [-0.39, 0.29) is 11.9 Å². The third kappa shape index (κ3) is 3.18. The summed E-state index contributed by atoms with van der Waals surface area (Å²) >= 11 is 3.29. The Hall–Kier alpha value is -1.18. The van der Waals surface area contributed by atoms with Crippen LogP contribution in [0.2, 0.25) is 0 Å². The molecule has 1 saturated heterocycles. The summed E-state index contributed by atoms with van der Waals surface area (Å²) in [5.74, 6) is 5.53. The molecule has 1 aliphatic rings. The lowest BCUT2D eigenvalue weighted by Crippen LogP contribution is -2.39. The van der Waals surface area contributed by atoms with Crippen LogP contribution in [0.4, 0.5) is 5.82 Å². The summed E-state index contributed by atoms with van der Waals surface area (Å²) in [6, 6.07) is 1.84. The lowest BCUT2D eigenvalue weighted by atomic mass is 10.1. The van der Waals surface area contributed by atoms with Crippen molar-refractivity contribution in [1.29, 1.82) is 0 Å². The minimum atomic E-state index is -0.177. The minimum absolute atomic E-state index is 0.149. The van der Waals surface area contributed by atoms with Crippen LogP contribution in [-0.4, -0.2) is 30.1 Å². The van der Waals surface area contributed by atoms with E-state index in [0.717, 1.165) is 17.3 Å². The molecular formula is C11H15BrN4O2. The Morgan fingerprint density at radius 1 is 1.50 bits per heavy atom. The summed E-state index contributed by atoms with van der Waals surface area (Å²) in [7, 11) is 0. The standard InChI is InChI=1S/C11H15BrN4O2/c12-7-5-9(10(16-13)14-6-7)11(17)15-8-1-3-18-4-2-8/h5-6,8H,1-4,13H2,(H,14,16)(H,15,17). The van der Waals surface area contributed by atoms with Gasteiger partial charge < -0.3 is 15.5 Å². The molecule has 0 bridgehead atoms. The van der Waals surface area contributed by atoms with Gasteiger partial charge in [0.2, 0.25) is 0 Å². The van der Waals surface area contributed by atoms with Crippen molar-refractivity contribution in [2.45, 2.75) is 18.9 Å².